The maximum atomic E-state index is 13.6. The third kappa shape index (κ3) is 5.13. The molecule has 26 heavy (non-hydrogen) atoms. The minimum absolute atomic E-state index is 0.0969. The third-order valence-electron chi connectivity index (χ3n) is 4.78. The highest BCUT2D eigenvalue weighted by atomic mass is 19.1. The summed E-state index contributed by atoms with van der Waals surface area (Å²) >= 11 is 0. The molecule has 0 atom stereocenters. The fourth-order valence-corrected chi connectivity index (χ4v) is 3.25. The van der Waals surface area contributed by atoms with Gasteiger partial charge in [0.1, 0.15) is 5.82 Å². The van der Waals surface area contributed by atoms with Gasteiger partial charge in [-0.05, 0) is 37.1 Å². The average Bonchev–Trinajstić information content (AvgIpc) is 2.60. The Morgan fingerprint density at radius 3 is 2.46 bits per heavy atom. The molecule has 1 heterocycles. The molecule has 0 aliphatic carbocycles. The predicted octanol–water partition coefficient (Wildman–Crippen LogP) is 3.20. The lowest BCUT2D eigenvalue weighted by Crippen LogP contribution is -2.48. The van der Waals surface area contributed by atoms with Gasteiger partial charge in [0.15, 0.2) is 0 Å². The molecule has 4 nitrogen and oxygen atoms in total. The molecule has 1 fully saturated rings. The lowest BCUT2D eigenvalue weighted by molar-refractivity contribution is -0.117. The Balaban J connectivity index is 1.44. The maximum absolute atomic E-state index is 13.6. The van der Waals surface area contributed by atoms with Crippen LogP contribution in [0.3, 0.4) is 0 Å². The minimum Gasteiger partial charge on any atom is -0.325 e. The normalized spacial score (nSPS) is 15.8. The third-order valence-corrected chi connectivity index (χ3v) is 4.78. The van der Waals surface area contributed by atoms with Crippen LogP contribution in [0.1, 0.15) is 16.7 Å². The van der Waals surface area contributed by atoms with Crippen LogP contribution < -0.4 is 5.32 Å². The van der Waals surface area contributed by atoms with Crippen molar-refractivity contribution in [3.8, 4) is 0 Å². The molecule has 2 aromatic rings. The van der Waals surface area contributed by atoms with Crippen molar-refractivity contribution in [2.24, 2.45) is 0 Å². The first-order chi connectivity index (χ1) is 12.5. The standard InChI is InChI=1S/C21H26FN3O/c1-16-4-3-5-18(12-16)14-24-8-10-25(11-9-24)15-21(26)23-19-7-6-17(2)20(22)13-19/h3-7,12-13H,8-11,14-15H2,1-2H3,(H,23,26). The number of carbonyl (C=O) groups excluding carboxylic acids is 1. The molecule has 0 saturated carbocycles. The summed E-state index contributed by atoms with van der Waals surface area (Å²) in [6, 6.07) is 13.4. The highest BCUT2D eigenvalue weighted by molar-refractivity contribution is 5.92. The van der Waals surface area contributed by atoms with Gasteiger partial charge in [0.2, 0.25) is 5.91 Å². The van der Waals surface area contributed by atoms with Crippen LogP contribution >= 0.6 is 0 Å². The van der Waals surface area contributed by atoms with Crippen LogP contribution in [0, 0.1) is 19.7 Å². The number of amides is 1. The largest absolute Gasteiger partial charge is 0.325 e. The maximum Gasteiger partial charge on any atom is 0.238 e. The number of hydrogen-bond donors (Lipinski definition) is 1. The van der Waals surface area contributed by atoms with E-state index < -0.39 is 0 Å². The smallest absolute Gasteiger partial charge is 0.238 e. The number of aryl methyl sites for hydroxylation is 2. The Kier molecular flexibility index (Phi) is 6.01. The Bertz CT molecular complexity index is 770. The molecule has 0 unspecified atom stereocenters. The Morgan fingerprint density at radius 1 is 1.04 bits per heavy atom. The van der Waals surface area contributed by atoms with Crippen molar-refractivity contribution < 1.29 is 9.18 Å². The molecule has 3 rings (SSSR count). The molecule has 0 bridgehead atoms. The lowest BCUT2D eigenvalue weighted by Gasteiger charge is -2.34. The van der Waals surface area contributed by atoms with E-state index in [9.17, 15) is 9.18 Å². The second kappa shape index (κ2) is 8.43. The first kappa shape index (κ1) is 18.5. The SMILES string of the molecule is Cc1cccc(CN2CCN(CC(=O)Nc3ccc(C)c(F)c3)CC2)c1. The van der Waals surface area contributed by atoms with Crippen LogP contribution in [0.25, 0.3) is 0 Å². The van der Waals surface area contributed by atoms with E-state index in [4.69, 9.17) is 0 Å². The summed E-state index contributed by atoms with van der Waals surface area (Å²) < 4.78 is 13.6. The first-order valence-corrected chi connectivity index (χ1v) is 9.06. The van der Waals surface area contributed by atoms with E-state index in [0.717, 1.165) is 32.7 Å². The fraction of sp³-hybridized carbons (Fsp3) is 0.381. The van der Waals surface area contributed by atoms with Crippen LogP contribution in [-0.2, 0) is 11.3 Å². The van der Waals surface area contributed by atoms with E-state index >= 15 is 0 Å². The van der Waals surface area contributed by atoms with Crippen LogP contribution in [0.15, 0.2) is 42.5 Å². The zero-order valence-electron chi connectivity index (χ0n) is 15.5. The number of hydrogen-bond acceptors (Lipinski definition) is 3. The van der Waals surface area contributed by atoms with Gasteiger partial charge in [0.05, 0.1) is 6.54 Å². The number of nitrogens with one attached hydrogen (secondary N) is 1. The summed E-state index contributed by atoms with van der Waals surface area (Å²) in [6.07, 6.45) is 0. The van der Waals surface area contributed by atoms with Crippen LogP contribution in [-0.4, -0.2) is 48.4 Å². The van der Waals surface area contributed by atoms with Crippen LogP contribution in [0.4, 0.5) is 10.1 Å². The average molecular weight is 355 g/mol. The number of piperazine rings is 1. The van der Waals surface area contributed by atoms with Gasteiger partial charge in [0, 0.05) is 38.4 Å². The second-order valence-electron chi connectivity index (χ2n) is 7.05. The summed E-state index contributed by atoms with van der Waals surface area (Å²) in [7, 11) is 0. The first-order valence-electron chi connectivity index (χ1n) is 9.06. The molecule has 1 saturated heterocycles. The van der Waals surface area contributed by atoms with Gasteiger partial charge >= 0.3 is 0 Å². The molecule has 5 heteroatoms. The zero-order valence-corrected chi connectivity index (χ0v) is 15.5. The van der Waals surface area contributed by atoms with E-state index in [-0.39, 0.29) is 11.7 Å². The molecule has 138 valence electrons. The second-order valence-corrected chi connectivity index (χ2v) is 7.05. The molecule has 0 aromatic heterocycles. The van der Waals surface area contributed by atoms with Gasteiger partial charge in [-0.3, -0.25) is 14.6 Å². The van der Waals surface area contributed by atoms with Crippen molar-refractivity contribution in [2.45, 2.75) is 20.4 Å². The number of nitrogens with zero attached hydrogens (tertiary/aromatic N) is 2. The molecule has 1 amide bonds. The van der Waals surface area contributed by atoms with Gasteiger partial charge in [0.25, 0.3) is 0 Å². The zero-order chi connectivity index (χ0) is 18.5. The molecular weight excluding hydrogens is 329 g/mol. The Labute approximate surface area is 154 Å². The van der Waals surface area contributed by atoms with Crippen LogP contribution in [0.5, 0.6) is 0 Å². The molecule has 2 aromatic carbocycles. The van der Waals surface area contributed by atoms with Crippen molar-refractivity contribution in [1.82, 2.24) is 9.80 Å². The summed E-state index contributed by atoms with van der Waals surface area (Å²) in [4.78, 5) is 16.8. The van der Waals surface area contributed by atoms with Crippen LogP contribution in [0.2, 0.25) is 0 Å². The van der Waals surface area contributed by atoms with Gasteiger partial charge in [-0.25, -0.2) is 4.39 Å². The van der Waals surface area contributed by atoms with Gasteiger partial charge in [-0.15, -0.1) is 0 Å². The van der Waals surface area contributed by atoms with E-state index in [1.807, 2.05) is 0 Å². The Hall–Kier alpha value is -2.24. The molecular formula is C21H26FN3O. The molecule has 0 spiro atoms. The minimum atomic E-state index is -0.299. The number of carbonyl (C=O) groups is 1. The number of benzene rings is 2. The van der Waals surface area contributed by atoms with Crippen molar-refractivity contribution in [2.75, 3.05) is 38.0 Å². The van der Waals surface area contributed by atoms with Gasteiger partial charge in [-0.2, -0.15) is 0 Å². The summed E-state index contributed by atoms with van der Waals surface area (Å²) in [5.74, 6) is -0.395. The van der Waals surface area contributed by atoms with E-state index in [1.54, 1.807) is 19.1 Å². The van der Waals surface area contributed by atoms with E-state index in [1.165, 1.54) is 17.2 Å². The lowest BCUT2D eigenvalue weighted by atomic mass is 10.1. The fourth-order valence-electron chi connectivity index (χ4n) is 3.25. The van der Waals surface area contributed by atoms with Gasteiger partial charge in [-0.1, -0.05) is 35.9 Å². The number of halogens is 1. The topological polar surface area (TPSA) is 35.6 Å². The highest BCUT2D eigenvalue weighted by Crippen LogP contribution is 2.14. The monoisotopic (exact) mass is 355 g/mol. The number of anilines is 1. The van der Waals surface area contributed by atoms with Crippen molar-refractivity contribution in [3.05, 3.63) is 65.0 Å². The molecule has 1 aliphatic rings. The van der Waals surface area contributed by atoms with E-state index in [0.29, 0.717) is 17.8 Å². The highest BCUT2D eigenvalue weighted by Gasteiger charge is 2.19. The summed E-state index contributed by atoms with van der Waals surface area (Å²) in [6.45, 7) is 8.72. The van der Waals surface area contributed by atoms with Crippen molar-refractivity contribution in [3.63, 3.8) is 0 Å². The van der Waals surface area contributed by atoms with Gasteiger partial charge < -0.3 is 5.32 Å². The molecule has 1 N–H and O–H groups in total. The number of rotatable bonds is 5. The Morgan fingerprint density at radius 2 is 1.77 bits per heavy atom. The van der Waals surface area contributed by atoms with Crippen molar-refractivity contribution >= 4 is 11.6 Å². The quantitative estimate of drug-likeness (QED) is 0.895. The molecule has 1 aliphatic heterocycles. The predicted molar refractivity (Wildman–Crippen MR) is 103 cm³/mol. The van der Waals surface area contributed by atoms with Crippen molar-refractivity contribution in [1.29, 1.82) is 0 Å². The van der Waals surface area contributed by atoms with E-state index in [2.05, 4.69) is 46.3 Å². The molecule has 0 radical (unpaired) electrons. The summed E-state index contributed by atoms with van der Waals surface area (Å²) in [5, 5.41) is 2.78. The summed E-state index contributed by atoms with van der Waals surface area (Å²) in [5.41, 5.74) is 3.70.